The van der Waals surface area contributed by atoms with Gasteiger partial charge in [-0.05, 0) is 24.3 Å². The highest BCUT2D eigenvalue weighted by atomic mass is 19.4. The van der Waals surface area contributed by atoms with Gasteiger partial charge in [0.05, 0.1) is 11.1 Å². The molecule has 2 nitrogen and oxygen atoms in total. The van der Waals surface area contributed by atoms with Crippen LogP contribution in [0.4, 0.5) is 26.3 Å². The topological polar surface area (TPSA) is 30.2 Å². The second-order valence-corrected chi connectivity index (χ2v) is 4.08. The Morgan fingerprint density at radius 3 is 2.05 bits per heavy atom. The molecule has 0 atom stereocenters. The van der Waals surface area contributed by atoms with Crippen LogP contribution in [0.25, 0.3) is 11.3 Å². The predicted molar refractivity (Wildman–Crippen MR) is 59.5 cm³/mol. The number of hydrogen-bond acceptors (Lipinski definition) is 2. The summed E-state index contributed by atoms with van der Waals surface area (Å²) in [5.74, 6) is -0.559. The molecule has 1 heterocycles. The molecule has 0 aliphatic rings. The lowest BCUT2D eigenvalue weighted by Crippen LogP contribution is -2.11. The molecule has 0 bridgehead atoms. The van der Waals surface area contributed by atoms with Gasteiger partial charge in [0.25, 0.3) is 0 Å². The SMILES string of the molecule is O=Cc1ccc(-c2ccc(C(F)(F)F)cc2C(F)(F)F)o1. The van der Waals surface area contributed by atoms with Crippen LogP contribution < -0.4 is 0 Å². The summed E-state index contributed by atoms with van der Waals surface area (Å²) >= 11 is 0. The van der Waals surface area contributed by atoms with Crippen LogP contribution in [-0.4, -0.2) is 6.29 Å². The molecule has 0 spiro atoms. The van der Waals surface area contributed by atoms with Gasteiger partial charge < -0.3 is 4.42 Å². The standard InChI is InChI=1S/C13H6F6O2/c14-12(15,16)7-1-3-9(10(5-7)13(17,18)19)11-4-2-8(6-20)21-11/h1-6H. The van der Waals surface area contributed by atoms with E-state index in [0.29, 0.717) is 12.1 Å². The van der Waals surface area contributed by atoms with Gasteiger partial charge >= 0.3 is 12.4 Å². The van der Waals surface area contributed by atoms with E-state index in [4.69, 9.17) is 4.42 Å². The van der Waals surface area contributed by atoms with Gasteiger partial charge in [0, 0.05) is 5.56 Å². The average Bonchev–Trinajstić information content (AvgIpc) is 2.84. The maximum absolute atomic E-state index is 12.9. The summed E-state index contributed by atoms with van der Waals surface area (Å²) in [6.07, 6.45) is -9.61. The molecular weight excluding hydrogens is 302 g/mol. The van der Waals surface area contributed by atoms with Crippen LogP contribution in [0.1, 0.15) is 21.7 Å². The zero-order valence-corrected chi connectivity index (χ0v) is 10.0. The van der Waals surface area contributed by atoms with Gasteiger partial charge in [0.15, 0.2) is 12.0 Å². The number of halogens is 6. The van der Waals surface area contributed by atoms with Gasteiger partial charge in [-0.2, -0.15) is 26.3 Å². The third-order valence-corrected chi connectivity index (χ3v) is 2.66. The van der Waals surface area contributed by atoms with Gasteiger partial charge in [-0.3, -0.25) is 4.79 Å². The Kier molecular flexibility index (Phi) is 3.56. The zero-order chi connectivity index (χ0) is 15.8. The Bertz CT molecular complexity index is 666. The quantitative estimate of drug-likeness (QED) is 0.589. The summed E-state index contributed by atoms with van der Waals surface area (Å²) in [5.41, 5.74) is -3.46. The van der Waals surface area contributed by atoms with E-state index in [0.717, 1.165) is 12.1 Å². The molecule has 0 fully saturated rings. The Morgan fingerprint density at radius 1 is 0.905 bits per heavy atom. The van der Waals surface area contributed by atoms with Crippen molar-refractivity contribution in [1.82, 2.24) is 0 Å². The minimum absolute atomic E-state index is 0.0123. The molecule has 0 saturated heterocycles. The highest BCUT2D eigenvalue weighted by molar-refractivity contribution is 5.73. The van der Waals surface area contributed by atoms with E-state index in [-0.39, 0.29) is 23.9 Å². The number of alkyl halides is 6. The van der Waals surface area contributed by atoms with Crippen molar-refractivity contribution >= 4 is 6.29 Å². The zero-order valence-electron chi connectivity index (χ0n) is 10.0. The molecule has 0 radical (unpaired) electrons. The van der Waals surface area contributed by atoms with Gasteiger partial charge in [-0.15, -0.1) is 0 Å². The first-order valence-electron chi connectivity index (χ1n) is 5.47. The number of rotatable bonds is 2. The Balaban J connectivity index is 2.63. The average molecular weight is 308 g/mol. The van der Waals surface area contributed by atoms with Crippen molar-refractivity contribution in [3.8, 4) is 11.3 Å². The Morgan fingerprint density at radius 2 is 1.57 bits per heavy atom. The van der Waals surface area contributed by atoms with Crippen molar-refractivity contribution < 1.29 is 35.6 Å². The molecular formula is C13H6F6O2. The number of hydrogen-bond donors (Lipinski definition) is 0. The van der Waals surface area contributed by atoms with E-state index in [1.165, 1.54) is 0 Å². The van der Waals surface area contributed by atoms with Crippen LogP contribution in [0.2, 0.25) is 0 Å². The smallest absolute Gasteiger partial charge is 0.417 e. The van der Waals surface area contributed by atoms with Crippen LogP contribution in [0.3, 0.4) is 0 Å². The predicted octanol–water partition coefficient (Wildman–Crippen LogP) is 4.80. The maximum Gasteiger partial charge on any atom is 0.417 e. The summed E-state index contributed by atoms with van der Waals surface area (Å²) in [5, 5.41) is 0. The molecule has 0 N–H and O–H groups in total. The lowest BCUT2D eigenvalue weighted by molar-refractivity contribution is -0.142. The van der Waals surface area contributed by atoms with E-state index in [1.54, 1.807) is 0 Å². The van der Waals surface area contributed by atoms with E-state index >= 15 is 0 Å². The molecule has 112 valence electrons. The lowest BCUT2D eigenvalue weighted by atomic mass is 10.0. The summed E-state index contributed by atoms with van der Waals surface area (Å²) < 4.78 is 81.1. The number of furan rings is 1. The van der Waals surface area contributed by atoms with Crippen molar-refractivity contribution in [3.05, 3.63) is 47.2 Å². The largest absolute Gasteiger partial charge is 0.453 e. The number of carbonyl (C=O) groups excluding carboxylic acids is 1. The van der Waals surface area contributed by atoms with Crippen molar-refractivity contribution in [2.24, 2.45) is 0 Å². The third kappa shape index (κ3) is 3.09. The Labute approximate surface area is 114 Å². The van der Waals surface area contributed by atoms with Crippen LogP contribution >= 0.6 is 0 Å². The molecule has 1 aromatic heterocycles. The van der Waals surface area contributed by atoms with Gasteiger partial charge in [0.1, 0.15) is 5.76 Å². The minimum atomic E-state index is -5.00. The second kappa shape index (κ2) is 4.94. The lowest BCUT2D eigenvalue weighted by Gasteiger charge is -2.14. The number of carbonyl (C=O) groups is 1. The van der Waals surface area contributed by atoms with Crippen molar-refractivity contribution in [1.29, 1.82) is 0 Å². The Hall–Kier alpha value is -2.25. The molecule has 1 aromatic carbocycles. The first kappa shape index (κ1) is 15.1. The van der Waals surface area contributed by atoms with Crippen molar-refractivity contribution in [2.45, 2.75) is 12.4 Å². The summed E-state index contributed by atoms with van der Waals surface area (Å²) in [6.45, 7) is 0. The molecule has 2 rings (SSSR count). The van der Waals surface area contributed by atoms with Gasteiger partial charge in [-0.25, -0.2) is 0 Å². The third-order valence-electron chi connectivity index (χ3n) is 2.66. The molecule has 0 saturated carbocycles. The van der Waals surface area contributed by atoms with Gasteiger partial charge in [0.2, 0.25) is 0 Å². The highest BCUT2D eigenvalue weighted by Gasteiger charge is 2.38. The van der Waals surface area contributed by atoms with E-state index in [9.17, 15) is 31.1 Å². The highest BCUT2D eigenvalue weighted by Crippen LogP contribution is 2.41. The first-order valence-corrected chi connectivity index (χ1v) is 5.47. The summed E-state index contributed by atoms with van der Waals surface area (Å²) in [7, 11) is 0. The molecule has 0 aliphatic carbocycles. The molecule has 0 amide bonds. The van der Waals surface area contributed by atoms with Crippen molar-refractivity contribution in [2.75, 3.05) is 0 Å². The first-order chi connectivity index (χ1) is 9.63. The maximum atomic E-state index is 12.9. The van der Waals surface area contributed by atoms with E-state index in [1.807, 2.05) is 0 Å². The van der Waals surface area contributed by atoms with Crippen LogP contribution in [0.5, 0.6) is 0 Å². The number of benzene rings is 1. The molecule has 2 aromatic rings. The fourth-order valence-corrected chi connectivity index (χ4v) is 1.73. The fraction of sp³-hybridized carbons (Fsp3) is 0.154. The van der Waals surface area contributed by atoms with Crippen LogP contribution in [0.15, 0.2) is 34.7 Å². The van der Waals surface area contributed by atoms with Gasteiger partial charge in [-0.1, -0.05) is 6.07 Å². The second-order valence-electron chi connectivity index (χ2n) is 4.08. The van der Waals surface area contributed by atoms with Crippen LogP contribution in [0, 0.1) is 0 Å². The monoisotopic (exact) mass is 308 g/mol. The van der Waals surface area contributed by atoms with Crippen LogP contribution in [-0.2, 0) is 12.4 Å². The summed E-state index contributed by atoms with van der Waals surface area (Å²) in [4.78, 5) is 10.5. The van der Waals surface area contributed by atoms with E-state index in [2.05, 4.69) is 0 Å². The van der Waals surface area contributed by atoms with Crippen molar-refractivity contribution in [3.63, 3.8) is 0 Å². The molecule has 8 heteroatoms. The summed E-state index contributed by atoms with van der Waals surface area (Å²) in [6, 6.07) is 3.41. The number of aldehydes is 1. The van der Waals surface area contributed by atoms with E-state index < -0.39 is 29.0 Å². The molecule has 21 heavy (non-hydrogen) atoms. The molecule has 0 aliphatic heterocycles. The molecule has 0 unspecified atom stereocenters. The minimum Gasteiger partial charge on any atom is -0.453 e. The normalized spacial score (nSPS) is 12.5. The fourth-order valence-electron chi connectivity index (χ4n) is 1.73.